The molecule has 0 saturated heterocycles. The number of hydrogen-bond donors (Lipinski definition) is 0. The molecule has 0 radical (unpaired) electrons. The van der Waals surface area contributed by atoms with Gasteiger partial charge in [-0.05, 0) is 65.2 Å². The summed E-state index contributed by atoms with van der Waals surface area (Å²) >= 11 is 3.66. The minimum absolute atomic E-state index is 0.650. The minimum Gasteiger partial charge on any atom is -0.366 e. The van der Waals surface area contributed by atoms with Gasteiger partial charge in [0.15, 0.2) is 0 Å². The molecule has 1 aliphatic carbocycles. The zero-order valence-corrected chi connectivity index (χ0v) is 15.3. The molecular weight excluding hydrogens is 350 g/mol. The second kappa shape index (κ2) is 7.26. The first-order valence-electron chi connectivity index (χ1n) is 8.11. The molecule has 0 atom stereocenters. The quantitative estimate of drug-likeness (QED) is 0.575. The van der Waals surface area contributed by atoms with Gasteiger partial charge in [-0.15, -0.1) is 0 Å². The predicted octanol–water partition coefficient (Wildman–Crippen LogP) is 4.41. The number of fused-ring (bicyclic) bond motifs is 1. The van der Waals surface area contributed by atoms with Gasteiger partial charge in [0, 0.05) is 18.1 Å². The van der Waals surface area contributed by atoms with E-state index in [0.717, 1.165) is 41.7 Å². The van der Waals surface area contributed by atoms with Gasteiger partial charge < -0.3 is 4.90 Å². The van der Waals surface area contributed by atoms with Crippen LogP contribution in [0.5, 0.6) is 0 Å². The van der Waals surface area contributed by atoms with Crippen LogP contribution in [0.1, 0.15) is 23.7 Å². The Morgan fingerprint density at radius 2 is 2.00 bits per heavy atom. The van der Waals surface area contributed by atoms with Crippen LogP contribution < -0.4 is 0 Å². The smallest absolute Gasteiger partial charge is 0.0910 e. The average Bonchev–Trinajstić information content (AvgIpc) is 2.97. The fraction of sp³-hybridized carbons (Fsp3) is 0.368. The molecule has 1 aromatic carbocycles. The Kier molecular flexibility index (Phi) is 5.11. The third-order valence-electron chi connectivity index (χ3n) is 4.42. The van der Waals surface area contributed by atoms with Crippen LogP contribution in [0.15, 0.2) is 46.0 Å². The molecule has 0 fully saturated rings. The van der Waals surface area contributed by atoms with Gasteiger partial charge in [-0.3, -0.25) is 4.98 Å². The molecule has 0 bridgehead atoms. The maximum Gasteiger partial charge on any atom is 0.0910 e. The van der Waals surface area contributed by atoms with E-state index in [4.69, 9.17) is 0 Å². The highest BCUT2D eigenvalue weighted by atomic mass is 79.9. The van der Waals surface area contributed by atoms with E-state index in [2.05, 4.69) is 63.2 Å². The third-order valence-corrected chi connectivity index (χ3v) is 5.11. The molecule has 4 heteroatoms. The lowest BCUT2D eigenvalue weighted by Gasteiger charge is -2.11. The summed E-state index contributed by atoms with van der Waals surface area (Å²) in [6, 6.07) is 10.8. The monoisotopic (exact) mass is 371 g/mol. The molecule has 0 amide bonds. The first kappa shape index (κ1) is 16.2. The summed E-state index contributed by atoms with van der Waals surface area (Å²) in [4.78, 5) is 11.1. The van der Waals surface area contributed by atoms with Gasteiger partial charge in [-0.25, -0.2) is 4.99 Å². The summed E-state index contributed by atoms with van der Waals surface area (Å²) in [5.41, 5.74) is 5.01. The molecule has 120 valence electrons. The van der Waals surface area contributed by atoms with Crippen molar-refractivity contribution in [3.63, 3.8) is 0 Å². The van der Waals surface area contributed by atoms with Crippen molar-refractivity contribution in [1.29, 1.82) is 0 Å². The topological polar surface area (TPSA) is 28.5 Å². The summed E-state index contributed by atoms with van der Waals surface area (Å²) < 4.78 is 1.06. The van der Waals surface area contributed by atoms with Crippen molar-refractivity contribution in [2.24, 2.45) is 10.9 Å². The Hall–Kier alpha value is -1.68. The number of hydrogen-bond acceptors (Lipinski definition) is 2. The zero-order valence-electron chi connectivity index (χ0n) is 13.7. The molecule has 1 aliphatic rings. The van der Waals surface area contributed by atoms with Gasteiger partial charge >= 0.3 is 0 Å². The molecule has 0 unspecified atom stereocenters. The average molecular weight is 372 g/mol. The predicted molar refractivity (Wildman–Crippen MR) is 99.4 cm³/mol. The second-order valence-corrected chi connectivity index (χ2v) is 7.04. The number of pyridine rings is 1. The van der Waals surface area contributed by atoms with E-state index < -0.39 is 0 Å². The molecule has 3 nitrogen and oxygen atoms in total. The van der Waals surface area contributed by atoms with Crippen LogP contribution in [0.25, 0.3) is 0 Å². The number of rotatable bonds is 5. The van der Waals surface area contributed by atoms with Crippen molar-refractivity contribution in [1.82, 2.24) is 9.88 Å². The van der Waals surface area contributed by atoms with Crippen LogP contribution in [-0.2, 0) is 19.3 Å². The van der Waals surface area contributed by atoms with Crippen LogP contribution in [0.3, 0.4) is 0 Å². The molecule has 2 aromatic rings. The van der Waals surface area contributed by atoms with Crippen molar-refractivity contribution < 1.29 is 0 Å². The molecule has 1 aromatic heterocycles. The van der Waals surface area contributed by atoms with Gasteiger partial charge in [0.25, 0.3) is 0 Å². The van der Waals surface area contributed by atoms with Gasteiger partial charge in [0.2, 0.25) is 0 Å². The molecule has 0 aliphatic heterocycles. The van der Waals surface area contributed by atoms with Gasteiger partial charge in [-0.1, -0.05) is 24.3 Å². The summed E-state index contributed by atoms with van der Waals surface area (Å²) in [6.45, 7) is 3.04. The zero-order chi connectivity index (χ0) is 16.2. The van der Waals surface area contributed by atoms with Crippen LogP contribution in [0.4, 0.5) is 5.69 Å². The van der Waals surface area contributed by atoms with E-state index in [1.54, 1.807) is 0 Å². The highest BCUT2D eigenvalue weighted by Gasteiger charge is 2.22. The highest BCUT2D eigenvalue weighted by Crippen LogP contribution is 2.31. The number of nitrogens with zero attached hydrogens (tertiary/aromatic N) is 3. The standard InChI is InChI=1S/C19H22BrN3/c1-3-23(2)13-22-17-11-18(20)19(21-12-17)10-14-8-15-6-4-5-7-16(15)9-14/h4-7,11-14H,3,8-10H2,1-2H3. The lowest BCUT2D eigenvalue weighted by Crippen LogP contribution is -2.14. The van der Waals surface area contributed by atoms with E-state index in [1.165, 1.54) is 11.1 Å². The first-order valence-corrected chi connectivity index (χ1v) is 8.90. The fourth-order valence-electron chi connectivity index (χ4n) is 2.99. The normalized spacial score (nSPS) is 14.4. The summed E-state index contributed by atoms with van der Waals surface area (Å²) in [5.74, 6) is 0.650. The molecule has 0 saturated carbocycles. The first-order chi connectivity index (χ1) is 11.2. The molecule has 3 rings (SSSR count). The van der Waals surface area contributed by atoms with Gasteiger partial charge in [-0.2, -0.15) is 0 Å². The SMILES string of the molecule is CCN(C)C=Nc1cnc(CC2Cc3ccccc3C2)c(Br)c1. The van der Waals surface area contributed by atoms with E-state index in [-0.39, 0.29) is 0 Å². The summed E-state index contributed by atoms with van der Waals surface area (Å²) in [5, 5.41) is 0. The maximum absolute atomic E-state index is 4.63. The number of aliphatic imine (C=N–C) groups is 1. The minimum atomic E-state index is 0.650. The lowest BCUT2D eigenvalue weighted by molar-refractivity contribution is 0.549. The van der Waals surface area contributed by atoms with Crippen molar-refractivity contribution >= 4 is 28.0 Å². The maximum atomic E-state index is 4.63. The number of aromatic nitrogens is 1. The highest BCUT2D eigenvalue weighted by molar-refractivity contribution is 9.10. The van der Waals surface area contributed by atoms with Gasteiger partial charge in [0.1, 0.15) is 0 Å². The largest absolute Gasteiger partial charge is 0.366 e. The fourth-order valence-corrected chi connectivity index (χ4v) is 3.49. The van der Waals surface area contributed by atoms with Crippen molar-refractivity contribution in [2.45, 2.75) is 26.2 Å². The van der Waals surface area contributed by atoms with Crippen molar-refractivity contribution in [2.75, 3.05) is 13.6 Å². The third kappa shape index (κ3) is 3.99. The Balaban J connectivity index is 1.67. The molecule has 23 heavy (non-hydrogen) atoms. The Labute approximate surface area is 146 Å². The van der Waals surface area contributed by atoms with E-state index in [9.17, 15) is 0 Å². The Morgan fingerprint density at radius 1 is 1.30 bits per heavy atom. The van der Waals surface area contributed by atoms with Crippen molar-refractivity contribution in [3.05, 3.63) is 57.8 Å². The molecule has 0 N–H and O–H groups in total. The van der Waals surface area contributed by atoms with Crippen LogP contribution in [0, 0.1) is 5.92 Å². The summed E-state index contributed by atoms with van der Waals surface area (Å²) in [6.07, 6.45) is 7.03. The van der Waals surface area contributed by atoms with E-state index >= 15 is 0 Å². The van der Waals surface area contributed by atoms with Gasteiger partial charge in [0.05, 0.1) is 23.9 Å². The molecular formula is C19H22BrN3. The lowest BCUT2D eigenvalue weighted by atomic mass is 10.00. The number of halogens is 1. The summed E-state index contributed by atoms with van der Waals surface area (Å²) in [7, 11) is 2.01. The van der Waals surface area contributed by atoms with E-state index in [1.807, 2.05) is 24.5 Å². The van der Waals surface area contributed by atoms with Crippen molar-refractivity contribution in [3.8, 4) is 0 Å². The Morgan fingerprint density at radius 3 is 2.61 bits per heavy atom. The Bertz CT molecular complexity index is 687. The second-order valence-electron chi connectivity index (χ2n) is 6.19. The van der Waals surface area contributed by atoms with Crippen LogP contribution >= 0.6 is 15.9 Å². The van der Waals surface area contributed by atoms with Crippen LogP contribution in [-0.4, -0.2) is 29.8 Å². The number of benzene rings is 1. The molecule has 1 heterocycles. The molecule has 0 spiro atoms. The van der Waals surface area contributed by atoms with Crippen LogP contribution in [0.2, 0.25) is 0 Å². The van der Waals surface area contributed by atoms with E-state index in [0.29, 0.717) is 5.92 Å².